The standard InChI is InChI=1S/C27H42BNO4.C16H26BClN2O3.C13H20O3/c1-16(26-11-17-8-18(12-26)14-27(31,13-17)15-26)23(30)29-7-5-6-22(29)28-32-21-10-19-9-20(24(19,2)3)25(21,4)33-28;18-16-7-10-4-11(8-16)6-15(5-10,9-16)13(19)14(21)20-3-1-2-12(20)17(22)23;1-8(11(14)15)12-3-9-2-10(4-12)6-13(16,5-9)7-12/h16-22,31H,5-15H2,1-4H3;10-13,22-23H,1-9,19H2;8-10,16H,2-7H2,1H3,(H,14,15)/t16-,17?,18?,19+,20+,21-,22+,25+,26?,27?;10?,11?,12-,13+,15?,16?;8-,9?,10?,12?,13?/m101/s1. The van der Waals surface area contributed by atoms with Crippen molar-refractivity contribution in [1.82, 2.24) is 9.80 Å². The summed E-state index contributed by atoms with van der Waals surface area (Å²) in [6.07, 6.45) is 24.3. The van der Waals surface area contributed by atoms with Crippen LogP contribution in [0, 0.1) is 80.8 Å². The number of likely N-dealkylation sites (tertiary alicyclic amines) is 2. The van der Waals surface area contributed by atoms with Crippen LogP contribution in [0.5, 0.6) is 0 Å². The third-order valence-corrected chi connectivity index (χ3v) is 24.9. The first kappa shape index (κ1) is 51.3. The maximum atomic E-state index is 14.0. The second-order valence-electron chi connectivity index (χ2n) is 29.6. The molecule has 13 nitrogen and oxygen atoms in total. The molecule has 3 saturated heterocycles. The zero-order valence-electron chi connectivity index (χ0n) is 44.2. The van der Waals surface area contributed by atoms with E-state index >= 15 is 0 Å². The fraction of sp³-hybridized carbons (Fsp3) is 0.946. The smallest absolute Gasteiger partial charge is 0.481 e. The molecule has 400 valence electrons. The number of carboxylic acids is 1. The largest absolute Gasteiger partial charge is 0.481 e. The Labute approximate surface area is 434 Å². The molecule has 6 unspecified atom stereocenters. The molecule has 7 N–H and O–H groups in total. The van der Waals surface area contributed by atoms with Crippen molar-refractivity contribution >= 4 is 43.6 Å². The van der Waals surface area contributed by atoms with E-state index in [-0.39, 0.29) is 63.6 Å². The highest BCUT2D eigenvalue weighted by atomic mass is 35.5. The average Bonchev–Trinajstić information content (AvgIpc) is 4.05. The van der Waals surface area contributed by atoms with Crippen LogP contribution in [0.4, 0.5) is 0 Å². The van der Waals surface area contributed by atoms with Crippen molar-refractivity contribution in [1.29, 1.82) is 0 Å². The minimum Gasteiger partial charge on any atom is -0.481 e. The van der Waals surface area contributed by atoms with Gasteiger partial charge in [0.1, 0.15) is 0 Å². The summed E-state index contributed by atoms with van der Waals surface area (Å²) >= 11 is 6.85. The van der Waals surface area contributed by atoms with Crippen molar-refractivity contribution in [2.45, 2.75) is 234 Å². The first-order valence-electron chi connectivity index (χ1n) is 29.2. The quantitative estimate of drug-likeness (QED) is 0.107. The predicted molar refractivity (Wildman–Crippen MR) is 274 cm³/mol. The molecule has 0 aromatic rings. The van der Waals surface area contributed by atoms with Crippen LogP contribution in [-0.2, 0) is 23.7 Å². The lowest BCUT2D eigenvalue weighted by Gasteiger charge is -2.64. The molecule has 72 heavy (non-hydrogen) atoms. The number of aliphatic hydroxyl groups is 2. The second-order valence-corrected chi connectivity index (χ2v) is 30.4. The van der Waals surface area contributed by atoms with E-state index in [4.69, 9.17) is 26.6 Å². The zero-order valence-corrected chi connectivity index (χ0v) is 45.0. The fourth-order valence-electron chi connectivity index (χ4n) is 22.2. The summed E-state index contributed by atoms with van der Waals surface area (Å²) in [4.78, 5) is 41.9. The third-order valence-electron chi connectivity index (χ3n) is 24.5. The minimum atomic E-state index is -1.48. The molecular formula is C56H88B2ClN3O10. The molecule has 18 fully saturated rings. The van der Waals surface area contributed by atoms with Crippen LogP contribution in [0.3, 0.4) is 0 Å². The molecular weight excluding hydrogens is 932 g/mol. The molecule has 15 saturated carbocycles. The average molecular weight is 1020 g/mol. The molecule has 0 aromatic heterocycles. The lowest BCUT2D eigenvalue weighted by atomic mass is 9.43. The summed E-state index contributed by atoms with van der Waals surface area (Å²) in [6, 6.07) is -0.564. The van der Waals surface area contributed by atoms with Gasteiger partial charge in [-0.3, -0.25) is 14.4 Å². The zero-order chi connectivity index (χ0) is 50.9. The maximum absolute atomic E-state index is 14.0. The number of alkyl halides is 1. The van der Waals surface area contributed by atoms with Gasteiger partial charge in [0.2, 0.25) is 11.8 Å². The number of carbonyl (C=O) groups is 3. The Balaban J connectivity index is 0.000000118. The Hall–Kier alpha value is -1.45. The molecule has 16 heteroatoms. The minimum absolute atomic E-state index is 0.00826. The first-order valence-corrected chi connectivity index (χ1v) is 29.6. The Bertz CT molecular complexity index is 2140. The molecule has 14 bridgehead atoms. The van der Waals surface area contributed by atoms with Crippen LogP contribution in [0.1, 0.15) is 189 Å². The highest BCUT2D eigenvalue weighted by molar-refractivity contribution is 6.48. The molecule has 2 amide bonds. The van der Waals surface area contributed by atoms with Gasteiger partial charge >= 0.3 is 20.2 Å². The van der Waals surface area contributed by atoms with E-state index in [1.807, 2.05) is 6.92 Å². The van der Waals surface area contributed by atoms with Gasteiger partial charge < -0.3 is 50.2 Å². The molecule has 0 aromatic carbocycles. The molecule has 0 spiro atoms. The highest BCUT2D eigenvalue weighted by Gasteiger charge is 2.70. The molecule has 3 aliphatic heterocycles. The molecule has 3 heterocycles. The first-order chi connectivity index (χ1) is 33.8. The van der Waals surface area contributed by atoms with Gasteiger partial charge in [-0.2, -0.15) is 0 Å². The summed E-state index contributed by atoms with van der Waals surface area (Å²) in [5.74, 6) is 3.58. The lowest BCUT2D eigenvalue weighted by Crippen LogP contribution is -2.65. The molecule has 0 radical (unpaired) electrons. The van der Waals surface area contributed by atoms with E-state index in [1.54, 1.807) is 4.90 Å². The van der Waals surface area contributed by atoms with Crippen molar-refractivity contribution < 1.29 is 49.1 Å². The van der Waals surface area contributed by atoms with E-state index < -0.39 is 36.3 Å². The van der Waals surface area contributed by atoms with Crippen LogP contribution < -0.4 is 5.73 Å². The summed E-state index contributed by atoms with van der Waals surface area (Å²) in [7, 11) is -1.77. The number of nitrogens with two attached hydrogens (primary N) is 1. The SMILES string of the molecule is C[C@H](C(=O)N1CCC[C@H]1B1O[C@@H]2C[C@@H]3C[C@@H](C3(C)C)[C@]2(C)O1)C12CC3CC(CC(O)(C3)C1)C2.C[C@H](C(=O)O)C12CC3CC(CC(O)(C3)C1)C2.N[C@H](C(=O)N1CCC[C@H]1B(O)O)C12CC3CC(CC(Cl)(C3)C1)C2. The van der Waals surface area contributed by atoms with Gasteiger partial charge in [-0.05, 0) is 230 Å². The van der Waals surface area contributed by atoms with Gasteiger partial charge in [0.25, 0.3) is 0 Å². The van der Waals surface area contributed by atoms with E-state index in [0.29, 0.717) is 65.7 Å². The number of halogens is 1. The van der Waals surface area contributed by atoms with E-state index in [9.17, 15) is 39.8 Å². The number of nitrogens with zero attached hydrogens (tertiary/aromatic N) is 2. The van der Waals surface area contributed by atoms with Crippen molar-refractivity contribution in [3.05, 3.63) is 0 Å². The van der Waals surface area contributed by atoms with E-state index in [0.717, 1.165) is 134 Å². The van der Waals surface area contributed by atoms with Crippen molar-refractivity contribution in [3.8, 4) is 0 Å². The number of hydrogen-bond donors (Lipinski definition) is 6. The van der Waals surface area contributed by atoms with Gasteiger partial charge in [0.15, 0.2) is 0 Å². The Morgan fingerprint density at radius 2 is 1.17 bits per heavy atom. The van der Waals surface area contributed by atoms with Gasteiger partial charge in [-0.15, -0.1) is 11.6 Å². The number of amides is 2. The molecule has 18 aliphatic rings. The number of hydrogen-bond acceptors (Lipinski definition) is 10. The highest BCUT2D eigenvalue weighted by Crippen LogP contribution is 2.69. The number of aliphatic carboxylic acids is 1. The Kier molecular flexibility index (Phi) is 12.3. The van der Waals surface area contributed by atoms with Crippen molar-refractivity contribution in [3.63, 3.8) is 0 Å². The van der Waals surface area contributed by atoms with Crippen LogP contribution in [-0.4, -0.2) is 126 Å². The van der Waals surface area contributed by atoms with Crippen LogP contribution in [0.25, 0.3) is 0 Å². The van der Waals surface area contributed by atoms with Crippen molar-refractivity contribution in [2.75, 3.05) is 13.1 Å². The van der Waals surface area contributed by atoms with Gasteiger partial charge in [-0.25, -0.2) is 0 Å². The summed E-state index contributed by atoms with van der Waals surface area (Å²) < 4.78 is 13.4. The summed E-state index contributed by atoms with van der Waals surface area (Å²) in [6.45, 7) is 12.5. The van der Waals surface area contributed by atoms with Crippen LogP contribution >= 0.6 is 11.6 Å². The molecule has 15 aliphatic carbocycles. The molecule has 15 atom stereocenters. The van der Waals surface area contributed by atoms with Crippen LogP contribution in [0.15, 0.2) is 0 Å². The van der Waals surface area contributed by atoms with Gasteiger partial charge in [0, 0.05) is 23.9 Å². The Morgan fingerprint density at radius 1 is 0.667 bits per heavy atom. The summed E-state index contributed by atoms with van der Waals surface area (Å²) in [5.41, 5.74) is 5.28. The van der Waals surface area contributed by atoms with E-state index in [2.05, 4.69) is 32.6 Å². The number of carboxylic acid groups (broad SMARTS) is 1. The molecule has 18 rings (SSSR count). The topological polar surface area (TPSA) is 203 Å². The number of carbonyl (C=O) groups excluding carboxylic acids is 2. The van der Waals surface area contributed by atoms with Crippen LogP contribution in [0.2, 0.25) is 0 Å². The third kappa shape index (κ3) is 8.18. The summed E-state index contributed by atoms with van der Waals surface area (Å²) in [5, 5.41) is 50.0. The number of rotatable bonds is 8. The normalized spacial score (nSPS) is 51.2. The van der Waals surface area contributed by atoms with Gasteiger partial charge in [-0.1, -0.05) is 27.7 Å². The van der Waals surface area contributed by atoms with E-state index in [1.165, 1.54) is 25.7 Å². The maximum Gasteiger partial charge on any atom is 0.481 e. The second kappa shape index (κ2) is 17.3. The predicted octanol–water partition coefficient (Wildman–Crippen LogP) is 7.15. The van der Waals surface area contributed by atoms with Crippen molar-refractivity contribution in [2.24, 2.45) is 86.6 Å². The fourth-order valence-corrected chi connectivity index (χ4v) is 22.9. The Morgan fingerprint density at radius 3 is 1.67 bits per heavy atom. The lowest BCUT2D eigenvalue weighted by molar-refractivity contribution is -0.199. The monoisotopic (exact) mass is 1020 g/mol. The van der Waals surface area contributed by atoms with Gasteiger partial charge in [0.05, 0.1) is 46.7 Å².